The molecule has 0 saturated heterocycles. The van der Waals surface area contributed by atoms with Crippen molar-refractivity contribution in [3.8, 4) is 23.0 Å². The van der Waals surface area contributed by atoms with Crippen molar-refractivity contribution in [2.24, 2.45) is 26.2 Å². The molecule has 0 heterocycles. The number of aliphatic hydroxyl groups is 2. The monoisotopic (exact) mass is 717 g/mol. The van der Waals surface area contributed by atoms with Gasteiger partial charge in [-0.2, -0.15) is 10.2 Å². The quantitative estimate of drug-likeness (QED) is 0.0313. The van der Waals surface area contributed by atoms with Gasteiger partial charge in [0.1, 0.15) is 45.9 Å². The summed E-state index contributed by atoms with van der Waals surface area (Å²) in [5, 5.41) is 73.3. The Balaban J connectivity index is 0.000000501. The first-order valence-electron chi connectivity index (χ1n) is 16.4. The van der Waals surface area contributed by atoms with Gasteiger partial charge in [-0.3, -0.25) is 0 Å². The van der Waals surface area contributed by atoms with E-state index in [9.17, 15) is 20.4 Å². The zero-order valence-corrected chi connectivity index (χ0v) is 29.7. The Hall–Kier alpha value is -7.28. The zero-order valence-electron chi connectivity index (χ0n) is 29.7. The predicted octanol–water partition coefficient (Wildman–Crippen LogP) is 11.2. The summed E-state index contributed by atoms with van der Waals surface area (Å²) >= 11 is 0. The van der Waals surface area contributed by atoms with Crippen LogP contribution in [-0.2, 0) is 0 Å². The van der Waals surface area contributed by atoms with Crippen molar-refractivity contribution in [1.82, 2.24) is 0 Å². The van der Waals surface area contributed by atoms with Crippen LogP contribution in [0, 0.1) is 0 Å². The molecule has 0 aromatic heterocycles. The molecule has 0 spiro atoms. The van der Waals surface area contributed by atoms with Crippen molar-refractivity contribution in [1.29, 1.82) is 0 Å². The summed E-state index contributed by atoms with van der Waals surface area (Å²) in [5.74, 6) is -0.585. The van der Waals surface area contributed by atoms with Crippen LogP contribution in [0.2, 0.25) is 0 Å². The number of hydrogen-bond acceptors (Lipinski definition) is 13. The first-order valence-corrected chi connectivity index (χ1v) is 16.4. The minimum atomic E-state index is -0.169. The maximum atomic E-state index is 9.93. The highest BCUT2D eigenvalue weighted by molar-refractivity contribution is 5.78. The molecule has 0 atom stereocenters. The summed E-state index contributed by atoms with van der Waals surface area (Å²) in [6.07, 6.45) is 4.31. The van der Waals surface area contributed by atoms with E-state index in [1.807, 2.05) is 67.3 Å². The highest BCUT2D eigenvalue weighted by Crippen LogP contribution is 2.38. The molecule has 0 bridgehead atoms. The summed E-state index contributed by atoms with van der Waals surface area (Å²) in [6, 6.07) is 30.4. The van der Waals surface area contributed by atoms with Crippen molar-refractivity contribution in [3.63, 3.8) is 0 Å². The van der Waals surface area contributed by atoms with Crippen LogP contribution in [0.3, 0.4) is 0 Å². The Labute approximate surface area is 307 Å². The zero-order chi connectivity index (χ0) is 38.9. The SMILES string of the molecule is CC.C\C=C/C(O)=C\C(O)=C(/C)N.Nc1ccc(N(c2ccc(N=Nc3ccc(O)cc3O)cc2)c2ccc(N=Nc3ccc(O)cc3O)cc2)cc1. The highest BCUT2D eigenvalue weighted by Gasteiger charge is 2.13. The van der Waals surface area contributed by atoms with Gasteiger partial charge in [0.2, 0.25) is 0 Å². The molecule has 53 heavy (non-hydrogen) atoms. The molecule has 13 nitrogen and oxygen atoms in total. The number of nitrogens with zero attached hydrogens (tertiary/aromatic N) is 5. The van der Waals surface area contributed by atoms with Gasteiger partial charge in [0.25, 0.3) is 0 Å². The Morgan fingerprint density at radius 1 is 0.604 bits per heavy atom. The molecule has 5 aromatic rings. The second kappa shape index (κ2) is 19.8. The number of anilines is 4. The van der Waals surface area contributed by atoms with Crippen LogP contribution in [0.1, 0.15) is 27.7 Å². The van der Waals surface area contributed by atoms with E-state index in [-0.39, 0.29) is 51.6 Å². The highest BCUT2D eigenvalue weighted by atomic mass is 16.3. The molecule has 0 saturated carbocycles. The van der Waals surface area contributed by atoms with E-state index in [0.29, 0.717) is 17.1 Å². The van der Waals surface area contributed by atoms with E-state index in [4.69, 9.17) is 21.7 Å². The Kier molecular flexibility index (Phi) is 15.0. The van der Waals surface area contributed by atoms with Crippen LogP contribution in [0.4, 0.5) is 45.5 Å². The molecular weight excluding hydrogens is 674 g/mol. The van der Waals surface area contributed by atoms with E-state index in [0.717, 1.165) is 17.1 Å². The number of benzene rings is 5. The van der Waals surface area contributed by atoms with Crippen LogP contribution < -0.4 is 16.4 Å². The third-order valence-electron chi connectivity index (χ3n) is 6.86. The molecule has 0 aliphatic heterocycles. The topological polar surface area (TPSA) is 226 Å². The van der Waals surface area contributed by atoms with Crippen molar-refractivity contribution < 1.29 is 30.6 Å². The van der Waals surface area contributed by atoms with E-state index in [1.54, 1.807) is 44.2 Å². The average molecular weight is 718 g/mol. The third-order valence-corrected chi connectivity index (χ3v) is 6.86. The Morgan fingerprint density at radius 2 is 1.00 bits per heavy atom. The van der Waals surface area contributed by atoms with Gasteiger partial charge < -0.3 is 47.0 Å². The van der Waals surface area contributed by atoms with Crippen molar-refractivity contribution in [2.75, 3.05) is 10.6 Å². The minimum Gasteiger partial charge on any atom is -0.508 e. The summed E-state index contributed by atoms with van der Waals surface area (Å²) in [7, 11) is 0. The molecule has 0 aliphatic rings. The van der Waals surface area contributed by atoms with Gasteiger partial charge in [-0.05, 0) is 117 Å². The Bertz CT molecular complexity index is 1980. The summed E-state index contributed by atoms with van der Waals surface area (Å²) in [4.78, 5) is 2.03. The second-order valence-electron chi connectivity index (χ2n) is 10.8. The van der Waals surface area contributed by atoms with E-state index in [2.05, 4.69) is 20.5 Å². The molecule has 5 aromatic carbocycles. The lowest BCUT2D eigenvalue weighted by molar-refractivity contribution is 0.400. The van der Waals surface area contributed by atoms with Gasteiger partial charge in [-0.15, -0.1) is 10.2 Å². The minimum absolute atomic E-state index is 0.0187. The van der Waals surface area contributed by atoms with Gasteiger partial charge in [0, 0.05) is 46.7 Å². The molecule has 274 valence electrons. The van der Waals surface area contributed by atoms with Gasteiger partial charge >= 0.3 is 0 Å². The number of aliphatic hydroxyl groups excluding tert-OH is 2. The number of hydrogen-bond donors (Lipinski definition) is 8. The number of allylic oxidation sites excluding steroid dienone is 4. The van der Waals surface area contributed by atoms with Crippen LogP contribution in [0.5, 0.6) is 23.0 Å². The number of azo groups is 2. The Morgan fingerprint density at radius 3 is 1.36 bits per heavy atom. The first-order chi connectivity index (χ1) is 25.4. The normalized spacial score (nSPS) is 11.8. The number of nitrogen functional groups attached to an aromatic ring is 1. The standard InChI is InChI=1S/C30H24N6O4.C8H13NO2.C2H6/c31-19-1-7-22(8-2-19)36(23-9-3-20(4-10-23)32-34-27-15-13-25(37)17-29(27)39)24-11-5-21(6-12-24)33-35-28-16-14-26(38)18-30(28)40;1-3-4-7(10)5-8(11)6(2)9;1-2/h1-18,37-40H,31H2;3-5,10-11H,9H2,1-2H3;1-2H3/b;4-3-,7-5+,8-6-;. The molecule has 0 radical (unpaired) electrons. The lowest BCUT2D eigenvalue weighted by atomic mass is 10.1. The van der Waals surface area contributed by atoms with E-state index < -0.39 is 0 Å². The number of phenolic OH excluding ortho intramolecular Hbond substituents is 4. The number of nitrogens with two attached hydrogens (primary N) is 2. The maximum absolute atomic E-state index is 9.93. The van der Waals surface area contributed by atoms with Crippen LogP contribution in [0.15, 0.2) is 165 Å². The number of phenols is 4. The number of aromatic hydroxyl groups is 4. The van der Waals surface area contributed by atoms with Crippen LogP contribution >= 0.6 is 0 Å². The molecule has 0 fully saturated rings. The van der Waals surface area contributed by atoms with Gasteiger partial charge in [0.15, 0.2) is 0 Å². The summed E-state index contributed by atoms with van der Waals surface area (Å²) in [6.45, 7) is 7.31. The van der Waals surface area contributed by atoms with Crippen LogP contribution in [0.25, 0.3) is 0 Å². The maximum Gasteiger partial charge on any atom is 0.146 e. The smallest absolute Gasteiger partial charge is 0.146 e. The average Bonchev–Trinajstić information content (AvgIpc) is 3.14. The molecule has 0 amide bonds. The summed E-state index contributed by atoms with van der Waals surface area (Å²) in [5.41, 5.74) is 16.3. The lowest BCUT2D eigenvalue weighted by Gasteiger charge is -2.25. The number of rotatable bonds is 9. The first kappa shape index (κ1) is 40.2. The van der Waals surface area contributed by atoms with Crippen molar-refractivity contribution >= 4 is 45.5 Å². The molecular formula is C40H43N7O6. The van der Waals surface area contributed by atoms with Gasteiger partial charge in [-0.1, -0.05) is 19.9 Å². The fourth-order valence-corrected chi connectivity index (χ4v) is 4.30. The van der Waals surface area contributed by atoms with Crippen LogP contribution in [-0.4, -0.2) is 30.6 Å². The second-order valence-corrected chi connectivity index (χ2v) is 10.8. The molecule has 0 unspecified atom stereocenters. The van der Waals surface area contributed by atoms with E-state index in [1.165, 1.54) is 48.6 Å². The predicted molar refractivity (Wildman–Crippen MR) is 210 cm³/mol. The molecule has 13 heteroatoms. The molecule has 0 aliphatic carbocycles. The van der Waals surface area contributed by atoms with Gasteiger partial charge in [-0.25, -0.2) is 0 Å². The fraction of sp³-hybridized carbons (Fsp3) is 0.100. The molecule has 10 N–H and O–H groups in total. The lowest BCUT2D eigenvalue weighted by Crippen LogP contribution is -2.09. The van der Waals surface area contributed by atoms with Gasteiger partial charge in [0.05, 0.1) is 11.4 Å². The summed E-state index contributed by atoms with van der Waals surface area (Å²) < 4.78 is 0. The largest absolute Gasteiger partial charge is 0.508 e. The van der Waals surface area contributed by atoms with Crippen molar-refractivity contribution in [3.05, 3.63) is 145 Å². The fourth-order valence-electron chi connectivity index (χ4n) is 4.30. The molecule has 5 rings (SSSR count). The van der Waals surface area contributed by atoms with E-state index >= 15 is 0 Å². The van der Waals surface area contributed by atoms with Crippen molar-refractivity contribution in [2.45, 2.75) is 27.7 Å². The third kappa shape index (κ3) is 12.2.